The molecule has 2 unspecified atom stereocenters. The van der Waals surface area contributed by atoms with Gasteiger partial charge < -0.3 is 9.84 Å². The highest BCUT2D eigenvalue weighted by molar-refractivity contribution is 5.31. The van der Waals surface area contributed by atoms with Crippen molar-refractivity contribution in [2.24, 2.45) is 0 Å². The standard InChI is InChI=1S/C20H27N3O2/c1-15-9-21-23(10-15)17-11-22(12-17)13-18(24)14-25-20-8-4-6-16-5-2-3-7-19(16)20/h2-3,5,7,9-10,17-18,20,24H,4,6,8,11-14H2,1H3. The van der Waals surface area contributed by atoms with Gasteiger partial charge in [-0.05, 0) is 42.9 Å². The smallest absolute Gasteiger partial charge is 0.0900 e. The van der Waals surface area contributed by atoms with Crippen molar-refractivity contribution in [3.05, 3.63) is 53.3 Å². The number of aryl methyl sites for hydroxylation is 2. The number of fused-ring (bicyclic) bond motifs is 1. The van der Waals surface area contributed by atoms with E-state index in [1.54, 1.807) is 0 Å². The summed E-state index contributed by atoms with van der Waals surface area (Å²) in [5.74, 6) is 0. The third-order valence-corrected chi connectivity index (χ3v) is 5.32. The van der Waals surface area contributed by atoms with E-state index in [0.717, 1.165) is 32.4 Å². The third-order valence-electron chi connectivity index (χ3n) is 5.32. The van der Waals surface area contributed by atoms with E-state index in [1.807, 2.05) is 10.9 Å². The number of nitrogens with zero attached hydrogens (tertiary/aromatic N) is 3. The van der Waals surface area contributed by atoms with E-state index in [1.165, 1.54) is 16.7 Å². The molecule has 2 aliphatic rings. The summed E-state index contributed by atoms with van der Waals surface area (Å²) in [6, 6.07) is 8.97. The number of benzene rings is 1. The van der Waals surface area contributed by atoms with Gasteiger partial charge in [0.2, 0.25) is 0 Å². The first-order valence-electron chi connectivity index (χ1n) is 9.29. The Morgan fingerprint density at radius 1 is 1.32 bits per heavy atom. The summed E-state index contributed by atoms with van der Waals surface area (Å²) in [7, 11) is 0. The van der Waals surface area contributed by atoms with Crippen LogP contribution in [0.15, 0.2) is 36.7 Å². The van der Waals surface area contributed by atoms with Crippen LogP contribution in [0.25, 0.3) is 0 Å². The summed E-state index contributed by atoms with van der Waals surface area (Å²) >= 11 is 0. The number of likely N-dealkylation sites (tertiary alicyclic amines) is 1. The van der Waals surface area contributed by atoms with Crippen molar-refractivity contribution in [3.63, 3.8) is 0 Å². The molecular formula is C20H27N3O2. The van der Waals surface area contributed by atoms with Crippen molar-refractivity contribution >= 4 is 0 Å². The Kier molecular flexibility index (Phi) is 4.88. The molecule has 1 aliphatic heterocycles. The molecule has 1 N–H and O–H groups in total. The molecule has 5 heteroatoms. The third kappa shape index (κ3) is 3.78. The minimum absolute atomic E-state index is 0.135. The van der Waals surface area contributed by atoms with Crippen LogP contribution in [0.4, 0.5) is 0 Å². The first-order valence-corrected chi connectivity index (χ1v) is 9.29. The summed E-state index contributed by atoms with van der Waals surface area (Å²) in [5, 5.41) is 14.7. The Balaban J connectivity index is 1.22. The van der Waals surface area contributed by atoms with Crippen LogP contribution in [0.1, 0.15) is 41.7 Å². The summed E-state index contributed by atoms with van der Waals surface area (Å²) < 4.78 is 8.10. The summed E-state index contributed by atoms with van der Waals surface area (Å²) in [6.07, 6.45) is 7.03. The molecule has 0 bridgehead atoms. The molecule has 1 saturated heterocycles. The number of β-amino-alcohol motifs (C(OH)–C–C–N with tert-alkyl or cyclic N) is 1. The van der Waals surface area contributed by atoms with Crippen molar-refractivity contribution < 1.29 is 9.84 Å². The van der Waals surface area contributed by atoms with Gasteiger partial charge in [-0.3, -0.25) is 9.58 Å². The molecule has 0 radical (unpaired) electrons. The number of ether oxygens (including phenoxy) is 1. The molecule has 4 rings (SSSR count). The minimum atomic E-state index is -0.436. The molecule has 2 atom stereocenters. The van der Waals surface area contributed by atoms with E-state index in [0.29, 0.717) is 19.2 Å². The van der Waals surface area contributed by atoms with Crippen molar-refractivity contribution in [3.8, 4) is 0 Å². The van der Waals surface area contributed by atoms with E-state index in [2.05, 4.69) is 47.4 Å². The topological polar surface area (TPSA) is 50.5 Å². The van der Waals surface area contributed by atoms with Crippen molar-refractivity contribution in [2.45, 2.75) is 44.4 Å². The lowest BCUT2D eigenvalue weighted by Crippen LogP contribution is -2.51. The SMILES string of the molecule is Cc1cnn(C2CN(CC(O)COC3CCCc4ccccc43)C2)c1. The molecule has 1 fully saturated rings. The number of aliphatic hydroxyl groups excluding tert-OH is 1. The maximum absolute atomic E-state index is 10.3. The fourth-order valence-corrected chi connectivity index (χ4v) is 3.95. The highest BCUT2D eigenvalue weighted by atomic mass is 16.5. The Morgan fingerprint density at radius 3 is 2.96 bits per heavy atom. The van der Waals surface area contributed by atoms with Gasteiger partial charge in [0.05, 0.1) is 31.1 Å². The van der Waals surface area contributed by atoms with Gasteiger partial charge in [-0.25, -0.2) is 0 Å². The molecule has 2 heterocycles. The lowest BCUT2D eigenvalue weighted by Gasteiger charge is -2.40. The van der Waals surface area contributed by atoms with E-state index >= 15 is 0 Å². The molecule has 1 aromatic heterocycles. The molecule has 2 aromatic rings. The normalized spacial score (nSPS) is 22.4. The van der Waals surface area contributed by atoms with E-state index in [-0.39, 0.29) is 6.10 Å². The van der Waals surface area contributed by atoms with Gasteiger partial charge >= 0.3 is 0 Å². The predicted molar refractivity (Wildman–Crippen MR) is 96.5 cm³/mol. The van der Waals surface area contributed by atoms with Gasteiger partial charge in [-0.15, -0.1) is 0 Å². The molecular weight excluding hydrogens is 314 g/mol. The Morgan fingerprint density at radius 2 is 2.16 bits per heavy atom. The summed E-state index contributed by atoms with van der Waals surface area (Å²) in [4.78, 5) is 2.27. The maximum atomic E-state index is 10.3. The van der Waals surface area contributed by atoms with Crippen LogP contribution in [-0.2, 0) is 11.2 Å². The van der Waals surface area contributed by atoms with Gasteiger partial charge in [-0.1, -0.05) is 24.3 Å². The molecule has 0 saturated carbocycles. The Hall–Kier alpha value is -1.69. The number of aromatic nitrogens is 2. The predicted octanol–water partition coefficient (Wildman–Crippen LogP) is 2.50. The zero-order valence-corrected chi connectivity index (χ0v) is 14.8. The van der Waals surface area contributed by atoms with E-state index in [9.17, 15) is 5.11 Å². The van der Waals surface area contributed by atoms with Crippen LogP contribution in [0, 0.1) is 6.92 Å². The molecule has 1 aliphatic carbocycles. The van der Waals surface area contributed by atoms with E-state index < -0.39 is 6.10 Å². The zero-order chi connectivity index (χ0) is 17.2. The fraction of sp³-hybridized carbons (Fsp3) is 0.550. The lowest BCUT2D eigenvalue weighted by atomic mass is 9.89. The average Bonchev–Trinajstić information content (AvgIpc) is 3.01. The van der Waals surface area contributed by atoms with Crippen molar-refractivity contribution in [1.82, 2.24) is 14.7 Å². The van der Waals surface area contributed by atoms with Gasteiger partial charge in [-0.2, -0.15) is 5.10 Å². The number of hydrogen-bond acceptors (Lipinski definition) is 4. The van der Waals surface area contributed by atoms with E-state index in [4.69, 9.17) is 4.74 Å². The molecule has 25 heavy (non-hydrogen) atoms. The van der Waals surface area contributed by atoms with Crippen LogP contribution >= 0.6 is 0 Å². The maximum Gasteiger partial charge on any atom is 0.0900 e. The number of aliphatic hydroxyl groups is 1. The zero-order valence-electron chi connectivity index (χ0n) is 14.8. The van der Waals surface area contributed by atoms with Gasteiger partial charge in [0, 0.05) is 25.8 Å². The van der Waals surface area contributed by atoms with Crippen LogP contribution in [0.2, 0.25) is 0 Å². The Labute approximate surface area is 149 Å². The minimum Gasteiger partial charge on any atom is -0.389 e. The lowest BCUT2D eigenvalue weighted by molar-refractivity contribution is -0.0409. The van der Waals surface area contributed by atoms with Gasteiger partial charge in [0.1, 0.15) is 0 Å². The van der Waals surface area contributed by atoms with Crippen LogP contribution in [0.3, 0.4) is 0 Å². The van der Waals surface area contributed by atoms with Crippen LogP contribution < -0.4 is 0 Å². The Bertz CT molecular complexity index is 708. The molecule has 0 amide bonds. The van der Waals surface area contributed by atoms with Crippen molar-refractivity contribution in [1.29, 1.82) is 0 Å². The van der Waals surface area contributed by atoms with Crippen LogP contribution in [-0.4, -0.2) is 52.1 Å². The second-order valence-electron chi connectivity index (χ2n) is 7.44. The summed E-state index contributed by atoms with van der Waals surface area (Å²) in [5.41, 5.74) is 3.90. The number of hydrogen-bond donors (Lipinski definition) is 1. The highest BCUT2D eigenvalue weighted by Gasteiger charge is 2.30. The monoisotopic (exact) mass is 341 g/mol. The first kappa shape index (κ1) is 16.8. The summed E-state index contributed by atoms with van der Waals surface area (Å²) in [6.45, 7) is 5.03. The molecule has 134 valence electrons. The largest absolute Gasteiger partial charge is 0.389 e. The second kappa shape index (κ2) is 7.28. The second-order valence-corrected chi connectivity index (χ2v) is 7.44. The van der Waals surface area contributed by atoms with Crippen molar-refractivity contribution in [2.75, 3.05) is 26.2 Å². The fourth-order valence-electron chi connectivity index (χ4n) is 3.95. The first-order chi connectivity index (χ1) is 12.2. The molecule has 0 spiro atoms. The number of rotatable bonds is 6. The quantitative estimate of drug-likeness (QED) is 0.877. The average molecular weight is 341 g/mol. The highest BCUT2D eigenvalue weighted by Crippen LogP contribution is 2.32. The molecule has 5 nitrogen and oxygen atoms in total. The molecule has 1 aromatic carbocycles. The van der Waals surface area contributed by atoms with Gasteiger partial charge in [0.25, 0.3) is 0 Å². The van der Waals surface area contributed by atoms with Crippen LogP contribution in [0.5, 0.6) is 0 Å². The van der Waals surface area contributed by atoms with Gasteiger partial charge in [0.15, 0.2) is 0 Å².